The topological polar surface area (TPSA) is 221 Å². The van der Waals surface area contributed by atoms with Gasteiger partial charge in [0.2, 0.25) is 0 Å². The lowest BCUT2D eigenvalue weighted by atomic mass is 10.2. The van der Waals surface area contributed by atoms with Crippen LogP contribution in [0.1, 0.15) is 22.3 Å². The number of benzene rings is 5. The van der Waals surface area contributed by atoms with Crippen molar-refractivity contribution in [3.63, 3.8) is 0 Å². The van der Waals surface area contributed by atoms with Gasteiger partial charge in [-0.2, -0.15) is 0 Å². The summed E-state index contributed by atoms with van der Waals surface area (Å²) in [6.45, 7) is 4.24. The van der Waals surface area contributed by atoms with Crippen molar-refractivity contribution in [2.75, 3.05) is 0 Å². The van der Waals surface area contributed by atoms with Gasteiger partial charge in [0, 0.05) is 36.4 Å². The maximum Gasteiger partial charge on any atom is 0.519 e. The first-order valence-electron chi connectivity index (χ1n) is 15.0. The molecule has 16 nitrogen and oxygen atoms in total. The molecule has 1 N–H and O–H groups in total. The molecule has 0 radical (unpaired) electrons. The Kier molecular flexibility index (Phi) is 14.9. The minimum absolute atomic E-state index is 0.0671. The SMILES string of the molecule is Cc1ccc(CO)cc1.Cc1ccc(COC(=O)Oc2ccc([N+](=O)[O-])cc2)cc1.O=C(Oc1ccc([N+](=O)[O-])cc1)Oc1ccc([N+](=O)[O-])cc1. The van der Waals surface area contributed by atoms with Crippen molar-refractivity contribution in [3.05, 3.63) is 174 Å². The van der Waals surface area contributed by atoms with Gasteiger partial charge in [0.1, 0.15) is 23.9 Å². The first-order chi connectivity index (χ1) is 24.8. The van der Waals surface area contributed by atoms with Gasteiger partial charge in [-0.3, -0.25) is 30.3 Å². The molecular weight excluding hydrogens is 682 g/mol. The molecule has 0 atom stereocenters. The van der Waals surface area contributed by atoms with Crippen molar-refractivity contribution < 1.29 is 48.4 Å². The van der Waals surface area contributed by atoms with E-state index in [0.717, 1.165) is 16.7 Å². The van der Waals surface area contributed by atoms with Crippen molar-refractivity contribution in [1.29, 1.82) is 0 Å². The fourth-order valence-corrected chi connectivity index (χ4v) is 3.77. The van der Waals surface area contributed by atoms with Crippen LogP contribution in [0.25, 0.3) is 0 Å². The predicted molar refractivity (Wildman–Crippen MR) is 185 cm³/mol. The summed E-state index contributed by atoms with van der Waals surface area (Å²) < 4.78 is 19.5. The Hall–Kier alpha value is -7.20. The monoisotopic (exact) mass is 713 g/mol. The summed E-state index contributed by atoms with van der Waals surface area (Å²) in [5, 5.41) is 40.1. The molecule has 0 fully saturated rings. The minimum Gasteiger partial charge on any atom is -0.429 e. The highest BCUT2D eigenvalue weighted by Gasteiger charge is 2.12. The fraction of sp³-hybridized carbons (Fsp3) is 0.111. The molecule has 0 saturated heterocycles. The number of carbonyl (C=O) groups is 2. The van der Waals surface area contributed by atoms with Crippen LogP contribution in [-0.2, 0) is 18.0 Å². The number of hydrogen-bond acceptors (Lipinski definition) is 13. The van der Waals surface area contributed by atoms with E-state index in [1.165, 1.54) is 78.4 Å². The molecule has 0 spiro atoms. The third kappa shape index (κ3) is 13.7. The molecule has 0 amide bonds. The molecule has 0 aromatic heterocycles. The number of ether oxygens (including phenoxy) is 4. The number of nitro groups is 3. The molecule has 0 aliphatic carbocycles. The Morgan fingerprint density at radius 2 is 0.808 bits per heavy atom. The normalized spacial score (nSPS) is 9.83. The first kappa shape index (κ1) is 39.2. The van der Waals surface area contributed by atoms with Crippen LogP contribution in [0.4, 0.5) is 26.7 Å². The smallest absolute Gasteiger partial charge is 0.429 e. The Morgan fingerprint density at radius 3 is 1.12 bits per heavy atom. The van der Waals surface area contributed by atoms with E-state index in [2.05, 4.69) is 0 Å². The quantitative estimate of drug-likeness (QED) is 0.0659. The maximum atomic E-state index is 11.5. The Bertz CT molecular complexity index is 1890. The van der Waals surface area contributed by atoms with E-state index in [1.54, 1.807) is 0 Å². The standard InChI is InChI=1S/C15H13NO5.C13H8N2O7.C8H10O/c1-11-2-4-12(5-3-11)10-20-15(17)21-14-8-6-13(7-9-14)16(18)19;16-13(21-11-5-1-9(2-6-11)14(17)18)22-12-7-3-10(4-8-12)15(19)20;1-7-2-4-8(6-9)5-3-7/h2-9H,10H2,1H3;1-8H;2-5,9H,6H2,1H3. The number of rotatable bonds is 9. The maximum absolute atomic E-state index is 11.5. The summed E-state index contributed by atoms with van der Waals surface area (Å²) in [4.78, 5) is 52.7. The number of nitrogens with zero attached hydrogens (tertiary/aromatic N) is 3. The summed E-state index contributed by atoms with van der Waals surface area (Å²) in [6, 6.07) is 30.2. The number of aliphatic hydroxyl groups excluding tert-OH is 1. The average Bonchev–Trinajstić information content (AvgIpc) is 3.13. The number of hydrogen-bond donors (Lipinski definition) is 1. The lowest BCUT2D eigenvalue weighted by Gasteiger charge is -2.06. The first-order valence-corrected chi connectivity index (χ1v) is 15.0. The highest BCUT2D eigenvalue weighted by molar-refractivity contribution is 5.67. The zero-order valence-corrected chi connectivity index (χ0v) is 27.6. The van der Waals surface area contributed by atoms with Crippen molar-refractivity contribution in [1.82, 2.24) is 0 Å². The number of carbonyl (C=O) groups excluding carboxylic acids is 2. The third-order valence-corrected chi connectivity index (χ3v) is 6.53. The molecule has 268 valence electrons. The second-order valence-electron chi connectivity index (χ2n) is 10.5. The molecule has 0 aliphatic heterocycles. The molecule has 52 heavy (non-hydrogen) atoms. The van der Waals surface area contributed by atoms with E-state index >= 15 is 0 Å². The zero-order valence-electron chi connectivity index (χ0n) is 27.6. The second kappa shape index (κ2) is 19.7. The molecule has 0 aliphatic rings. The average molecular weight is 714 g/mol. The Balaban J connectivity index is 0.000000228. The number of nitro benzene ring substituents is 3. The van der Waals surface area contributed by atoms with E-state index in [9.17, 15) is 39.9 Å². The van der Waals surface area contributed by atoms with Gasteiger partial charge >= 0.3 is 12.3 Å². The fourth-order valence-electron chi connectivity index (χ4n) is 3.77. The minimum atomic E-state index is -1.07. The van der Waals surface area contributed by atoms with Gasteiger partial charge in [0.25, 0.3) is 17.1 Å². The molecule has 5 aromatic carbocycles. The van der Waals surface area contributed by atoms with Crippen LogP contribution in [0, 0.1) is 44.2 Å². The van der Waals surface area contributed by atoms with Crippen LogP contribution in [0.3, 0.4) is 0 Å². The molecular formula is C36H31N3O13. The van der Waals surface area contributed by atoms with Crippen LogP contribution in [-0.4, -0.2) is 32.2 Å². The Labute approximate surface area is 295 Å². The van der Waals surface area contributed by atoms with E-state index in [4.69, 9.17) is 24.1 Å². The summed E-state index contributed by atoms with van der Waals surface area (Å²) in [6.07, 6.45) is -1.92. The third-order valence-electron chi connectivity index (χ3n) is 6.53. The highest BCUT2D eigenvalue weighted by Crippen LogP contribution is 2.21. The predicted octanol–water partition coefficient (Wildman–Crippen LogP) is 8.19. The number of aryl methyl sites for hydroxylation is 2. The largest absolute Gasteiger partial charge is 0.519 e. The lowest BCUT2D eigenvalue weighted by Crippen LogP contribution is -2.13. The summed E-state index contributed by atoms with van der Waals surface area (Å²) >= 11 is 0. The van der Waals surface area contributed by atoms with E-state index < -0.39 is 27.1 Å². The molecule has 16 heteroatoms. The van der Waals surface area contributed by atoms with Crippen LogP contribution in [0.15, 0.2) is 121 Å². The van der Waals surface area contributed by atoms with Gasteiger partial charge in [-0.05, 0) is 61.4 Å². The van der Waals surface area contributed by atoms with Gasteiger partial charge in [0.05, 0.1) is 21.4 Å². The van der Waals surface area contributed by atoms with Crippen molar-refractivity contribution in [3.8, 4) is 17.2 Å². The van der Waals surface area contributed by atoms with Crippen molar-refractivity contribution in [2.24, 2.45) is 0 Å². The van der Waals surface area contributed by atoms with Crippen LogP contribution in [0.2, 0.25) is 0 Å². The van der Waals surface area contributed by atoms with Gasteiger partial charge < -0.3 is 24.1 Å². The van der Waals surface area contributed by atoms with Gasteiger partial charge in [-0.15, -0.1) is 0 Å². The van der Waals surface area contributed by atoms with Gasteiger partial charge in [-0.25, -0.2) is 9.59 Å². The van der Waals surface area contributed by atoms with Crippen LogP contribution >= 0.6 is 0 Å². The molecule has 0 bridgehead atoms. The van der Waals surface area contributed by atoms with Gasteiger partial charge in [-0.1, -0.05) is 59.7 Å². The van der Waals surface area contributed by atoms with E-state index in [-0.39, 0.29) is 47.5 Å². The van der Waals surface area contributed by atoms with Crippen molar-refractivity contribution in [2.45, 2.75) is 27.1 Å². The summed E-state index contributed by atoms with van der Waals surface area (Å²) in [7, 11) is 0. The van der Waals surface area contributed by atoms with Crippen molar-refractivity contribution >= 4 is 29.4 Å². The molecule has 0 heterocycles. The number of aliphatic hydroxyl groups is 1. The lowest BCUT2D eigenvalue weighted by molar-refractivity contribution is -0.385. The molecule has 5 aromatic rings. The van der Waals surface area contributed by atoms with Crippen LogP contribution < -0.4 is 14.2 Å². The van der Waals surface area contributed by atoms with Crippen LogP contribution in [0.5, 0.6) is 17.2 Å². The second-order valence-corrected chi connectivity index (χ2v) is 10.5. The summed E-state index contributed by atoms with van der Waals surface area (Å²) in [5.41, 5.74) is 3.81. The zero-order chi connectivity index (χ0) is 38.0. The van der Waals surface area contributed by atoms with Gasteiger partial charge in [0.15, 0.2) is 0 Å². The highest BCUT2D eigenvalue weighted by atomic mass is 16.7. The number of non-ortho nitro benzene ring substituents is 3. The summed E-state index contributed by atoms with van der Waals surface area (Å²) in [5.74, 6) is 0.324. The van der Waals surface area contributed by atoms with E-state index in [0.29, 0.717) is 0 Å². The Morgan fingerprint density at radius 1 is 0.500 bits per heavy atom. The van der Waals surface area contributed by atoms with E-state index in [1.807, 2.05) is 62.4 Å². The molecule has 0 unspecified atom stereocenters. The molecule has 0 saturated carbocycles. The molecule has 5 rings (SSSR count).